The molecule has 0 amide bonds. The minimum atomic E-state index is -2.51. The lowest BCUT2D eigenvalue weighted by Crippen LogP contribution is -2.72. The van der Waals surface area contributed by atoms with Crippen LogP contribution >= 0.6 is 0 Å². The Morgan fingerprint density at radius 1 is 1.18 bits per heavy atom. The van der Waals surface area contributed by atoms with Crippen LogP contribution in [0.3, 0.4) is 0 Å². The van der Waals surface area contributed by atoms with E-state index in [0.717, 1.165) is 6.92 Å². The fraction of sp³-hybridized carbons (Fsp3) is 0.694. The van der Waals surface area contributed by atoms with Crippen LogP contribution in [0.25, 0.3) is 0 Å². The number of aliphatic hydroxyl groups excluding tert-OH is 1. The zero-order valence-electron chi connectivity index (χ0n) is 29.9. The molecule has 13 atom stereocenters. The summed E-state index contributed by atoms with van der Waals surface area (Å²) < 4.78 is 40.0. The molecule has 0 radical (unpaired) electrons. The van der Waals surface area contributed by atoms with Crippen LogP contribution in [-0.4, -0.2) is 101 Å². The van der Waals surface area contributed by atoms with Gasteiger partial charge in [-0.05, 0) is 30.0 Å². The molecule has 51 heavy (non-hydrogen) atoms. The first kappa shape index (κ1) is 38.6. The Kier molecular flexibility index (Phi) is 10.1. The van der Waals surface area contributed by atoms with Gasteiger partial charge in [0, 0.05) is 36.5 Å². The highest BCUT2D eigenvalue weighted by molar-refractivity contribution is 5.96. The van der Waals surface area contributed by atoms with Gasteiger partial charge in [0.25, 0.3) is 12.4 Å². The number of methoxy groups -OCH3 is 1. The van der Waals surface area contributed by atoms with E-state index in [1.54, 1.807) is 33.8 Å². The number of carbonyl (C=O) groups is 5. The van der Waals surface area contributed by atoms with Crippen LogP contribution in [0, 0.1) is 28.6 Å². The first-order chi connectivity index (χ1) is 23.8. The summed E-state index contributed by atoms with van der Waals surface area (Å²) >= 11 is 0. The van der Waals surface area contributed by atoms with Crippen molar-refractivity contribution in [2.24, 2.45) is 28.6 Å². The van der Waals surface area contributed by atoms with Crippen molar-refractivity contribution >= 4 is 30.2 Å². The number of ether oxygens (including phenoxy) is 6. The van der Waals surface area contributed by atoms with E-state index in [4.69, 9.17) is 32.8 Å². The molecule has 1 aromatic rings. The number of aliphatic hydroxyl groups is 3. The molecule has 2 bridgehead atoms. The van der Waals surface area contributed by atoms with Crippen molar-refractivity contribution in [1.29, 1.82) is 0 Å². The first-order valence-electron chi connectivity index (χ1n) is 17.0. The Hall–Kier alpha value is -3.63. The fourth-order valence-electron chi connectivity index (χ4n) is 9.45. The number of carbonyl (C=O) groups excluding carboxylic acids is 5. The van der Waals surface area contributed by atoms with Gasteiger partial charge in [0.15, 0.2) is 17.5 Å². The van der Waals surface area contributed by atoms with Gasteiger partial charge in [0.2, 0.25) is 0 Å². The smallest absolute Gasteiger partial charge is 0.335 e. The molecule has 0 aromatic carbocycles. The van der Waals surface area contributed by atoms with Gasteiger partial charge in [-0.1, -0.05) is 40.7 Å². The molecule has 5 rings (SSSR count). The number of Topliss-reactive ketones (excluding diaryl/α,β-unsaturated/α-hetero) is 1. The van der Waals surface area contributed by atoms with Crippen molar-refractivity contribution < 1.29 is 72.1 Å². The lowest BCUT2D eigenvalue weighted by molar-refractivity contribution is -0.328. The average Bonchev–Trinajstić information content (AvgIpc) is 3.76. The topological polar surface area (TPSA) is 215 Å². The standard InChI is InChI=1S/C36H48O15/c1-9-18(2)28(41)31(42)50-30-29(47-17-37)27(19(3)36(44)24(39)12-22(34(30,36)7)21-10-11-46-15-21)33(6)23(13-26(40)45-8)32(5)16-48-35(43,51-32)14-25(33)49-20(4)38/h10-11,15,17-18,22-23,25,27-30,41,43-44H,3,9,12-14,16H2,1-2,4-8H3/t18?,22-,23-,25-,27+,28?,29+,30-,32?,33+,34+,35?,36+/m0/s1. The van der Waals surface area contributed by atoms with E-state index in [1.807, 2.05) is 0 Å². The minimum Gasteiger partial charge on any atom is -0.472 e. The Morgan fingerprint density at radius 2 is 1.86 bits per heavy atom. The van der Waals surface area contributed by atoms with Gasteiger partial charge >= 0.3 is 17.9 Å². The number of rotatable bonds is 11. The highest BCUT2D eigenvalue weighted by atomic mass is 16.9. The SMILES string of the molecule is C=C1[C@@H]([C@@]2(C)[C@@H](OC(C)=O)CC3(O)OCC(C)(O3)[C@@H]2CC(=O)OC)[C@@H](OC=O)[C@H](OC(=O)C(O)C(C)CC)[C@@]2(C)[C@H](c3ccoc3)CC(=O)[C@]12O. The summed E-state index contributed by atoms with van der Waals surface area (Å²) in [4.78, 5) is 66.6. The quantitative estimate of drug-likeness (QED) is 0.129. The normalized spacial score (nSPS) is 41.5. The minimum absolute atomic E-state index is 0.117. The van der Waals surface area contributed by atoms with Crippen molar-refractivity contribution in [3.8, 4) is 0 Å². The molecule has 4 fully saturated rings. The molecule has 2 saturated heterocycles. The fourth-order valence-corrected chi connectivity index (χ4v) is 9.45. The van der Waals surface area contributed by atoms with E-state index in [1.165, 1.54) is 26.6 Å². The van der Waals surface area contributed by atoms with Gasteiger partial charge < -0.3 is 48.2 Å². The van der Waals surface area contributed by atoms with Gasteiger partial charge in [-0.25, -0.2) is 4.79 Å². The third-order valence-electron chi connectivity index (χ3n) is 12.4. The van der Waals surface area contributed by atoms with E-state index < -0.39 is 113 Å². The summed E-state index contributed by atoms with van der Waals surface area (Å²) in [6.07, 6.45) is -4.39. The number of esters is 3. The molecular weight excluding hydrogens is 672 g/mol. The molecular formula is C36H48O15. The Morgan fingerprint density at radius 3 is 2.43 bits per heavy atom. The van der Waals surface area contributed by atoms with Crippen LogP contribution in [0.5, 0.6) is 0 Å². The maximum atomic E-state index is 14.4. The highest BCUT2D eigenvalue weighted by Gasteiger charge is 2.78. The molecule has 3 N–H and O–H groups in total. The number of ketones is 1. The van der Waals surface area contributed by atoms with E-state index in [2.05, 4.69) is 6.58 Å². The van der Waals surface area contributed by atoms with E-state index >= 15 is 0 Å². The Bertz CT molecular complexity index is 1560. The summed E-state index contributed by atoms with van der Waals surface area (Å²) in [6, 6.07) is 1.59. The first-order valence-corrected chi connectivity index (χ1v) is 17.0. The predicted octanol–water partition coefficient (Wildman–Crippen LogP) is 2.09. The monoisotopic (exact) mass is 720 g/mol. The van der Waals surface area contributed by atoms with E-state index in [9.17, 15) is 39.3 Å². The van der Waals surface area contributed by atoms with Crippen LogP contribution in [0.1, 0.15) is 78.7 Å². The molecule has 15 nitrogen and oxygen atoms in total. The Labute approximate surface area is 295 Å². The number of furan rings is 1. The van der Waals surface area contributed by atoms with Gasteiger partial charge in [0.1, 0.15) is 18.3 Å². The average molecular weight is 721 g/mol. The summed E-state index contributed by atoms with van der Waals surface area (Å²) in [7, 11) is 1.17. The van der Waals surface area contributed by atoms with Crippen LogP contribution in [0.15, 0.2) is 35.2 Å². The predicted molar refractivity (Wildman–Crippen MR) is 172 cm³/mol. The third-order valence-corrected chi connectivity index (χ3v) is 12.4. The van der Waals surface area contributed by atoms with Gasteiger partial charge in [-0.15, -0.1) is 0 Å². The largest absolute Gasteiger partial charge is 0.472 e. The second-order valence-corrected chi connectivity index (χ2v) is 15.0. The van der Waals surface area contributed by atoms with Crippen LogP contribution in [0.4, 0.5) is 0 Å². The van der Waals surface area contributed by atoms with E-state index in [-0.39, 0.29) is 25.1 Å². The second-order valence-electron chi connectivity index (χ2n) is 15.0. The molecule has 2 aliphatic heterocycles. The van der Waals surface area contributed by atoms with E-state index in [0.29, 0.717) is 12.0 Å². The number of hydrogen-bond acceptors (Lipinski definition) is 15. The summed E-state index contributed by atoms with van der Waals surface area (Å²) in [5.74, 6) is -9.67. The lowest BCUT2D eigenvalue weighted by Gasteiger charge is -2.61. The van der Waals surface area contributed by atoms with Gasteiger partial charge in [0.05, 0.1) is 50.1 Å². The Balaban J connectivity index is 1.82. The maximum absolute atomic E-state index is 14.4. The zero-order valence-corrected chi connectivity index (χ0v) is 29.9. The van der Waals surface area contributed by atoms with Gasteiger partial charge in [-0.2, -0.15) is 0 Å². The molecule has 2 aliphatic carbocycles. The molecule has 282 valence electrons. The summed E-state index contributed by atoms with van der Waals surface area (Å²) in [6.45, 7) is 13.3. The third kappa shape index (κ3) is 5.81. The molecule has 4 unspecified atom stereocenters. The van der Waals surface area contributed by atoms with Crippen molar-refractivity contribution in [1.82, 2.24) is 0 Å². The zero-order chi connectivity index (χ0) is 37.9. The molecule has 0 spiro atoms. The lowest BCUT2D eigenvalue weighted by atomic mass is 9.46. The highest BCUT2D eigenvalue weighted by Crippen LogP contribution is 2.69. The summed E-state index contributed by atoms with van der Waals surface area (Å²) in [5, 5.41) is 35.5. The molecule has 15 heteroatoms. The van der Waals surface area contributed by atoms with Crippen molar-refractivity contribution in [2.75, 3.05) is 13.7 Å². The number of hydrogen-bond donors (Lipinski definition) is 3. The van der Waals surface area contributed by atoms with Crippen LogP contribution < -0.4 is 0 Å². The molecule has 4 aliphatic rings. The number of fused-ring (bicyclic) bond motifs is 3. The van der Waals surface area contributed by atoms with Crippen molar-refractivity contribution in [3.63, 3.8) is 0 Å². The molecule has 2 saturated carbocycles. The molecule has 1 aromatic heterocycles. The van der Waals surface area contributed by atoms with Crippen molar-refractivity contribution in [2.45, 2.75) is 115 Å². The van der Waals surface area contributed by atoms with Crippen LogP contribution in [-0.2, 0) is 52.4 Å². The van der Waals surface area contributed by atoms with Crippen molar-refractivity contribution in [3.05, 3.63) is 36.3 Å². The maximum Gasteiger partial charge on any atom is 0.335 e. The summed E-state index contributed by atoms with van der Waals surface area (Å²) in [5.41, 5.74) is -7.24. The molecule has 3 heterocycles. The van der Waals surface area contributed by atoms with Gasteiger partial charge in [-0.3, -0.25) is 19.2 Å². The second kappa shape index (κ2) is 13.4. The van der Waals surface area contributed by atoms with Crippen LogP contribution in [0.2, 0.25) is 0 Å².